The van der Waals surface area contributed by atoms with Crippen molar-refractivity contribution < 1.29 is 17.6 Å². The second-order valence-corrected chi connectivity index (χ2v) is 8.29. The van der Waals surface area contributed by atoms with Crippen molar-refractivity contribution in [1.82, 2.24) is 19.1 Å². The molecule has 0 bridgehead atoms. The van der Waals surface area contributed by atoms with E-state index in [9.17, 15) is 17.6 Å². The number of carbonyl (C=O) groups is 1. The molecular formula is C18H18FN5O3S. The van der Waals surface area contributed by atoms with Crippen LogP contribution in [-0.4, -0.2) is 47.5 Å². The SMILES string of the molecule is Cc1nc(C(=O)Nc2cccc(S(=O)(=O)N(C)C)c2)nn1-c1ccc(F)cc1. The molecule has 0 saturated carbocycles. The lowest BCUT2D eigenvalue weighted by Crippen LogP contribution is -2.22. The first-order valence-electron chi connectivity index (χ1n) is 8.22. The highest BCUT2D eigenvalue weighted by molar-refractivity contribution is 7.89. The van der Waals surface area contributed by atoms with E-state index in [1.54, 1.807) is 13.0 Å². The van der Waals surface area contributed by atoms with Crippen LogP contribution in [0.3, 0.4) is 0 Å². The summed E-state index contributed by atoms with van der Waals surface area (Å²) in [4.78, 5) is 16.7. The Labute approximate surface area is 161 Å². The summed E-state index contributed by atoms with van der Waals surface area (Å²) in [5, 5.41) is 6.74. The summed E-state index contributed by atoms with van der Waals surface area (Å²) >= 11 is 0. The quantitative estimate of drug-likeness (QED) is 0.705. The molecule has 1 N–H and O–H groups in total. The molecule has 0 saturated heterocycles. The highest BCUT2D eigenvalue weighted by Gasteiger charge is 2.19. The molecule has 3 rings (SSSR count). The molecule has 1 heterocycles. The van der Waals surface area contributed by atoms with E-state index in [1.807, 2.05) is 0 Å². The second kappa shape index (κ2) is 7.49. The minimum absolute atomic E-state index is 0.0521. The van der Waals surface area contributed by atoms with E-state index in [0.717, 1.165) is 4.31 Å². The third-order valence-corrected chi connectivity index (χ3v) is 5.72. The standard InChI is InChI=1S/C18H18FN5O3S/c1-12-20-17(22-24(12)15-9-7-13(19)8-10-15)18(25)21-14-5-4-6-16(11-14)28(26,27)23(2)3/h4-11H,1-3H3,(H,21,25). The summed E-state index contributed by atoms with van der Waals surface area (Å²) in [7, 11) is -0.774. The first-order valence-corrected chi connectivity index (χ1v) is 9.66. The number of nitrogens with zero attached hydrogens (tertiary/aromatic N) is 4. The topological polar surface area (TPSA) is 97.2 Å². The van der Waals surface area contributed by atoms with Gasteiger partial charge < -0.3 is 5.32 Å². The summed E-state index contributed by atoms with van der Waals surface area (Å²) in [5.74, 6) is -0.626. The van der Waals surface area contributed by atoms with Crippen LogP contribution in [0, 0.1) is 12.7 Å². The normalized spacial score (nSPS) is 11.6. The molecule has 0 fully saturated rings. The van der Waals surface area contributed by atoms with E-state index in [-0.39, 0.29) is 16.5 Å². The van der Waals surface area contributed by atoms with Gasteiger partial charge in [0.2, 0.25) is 15.8 Å². The van der Waals surface area contributed by atoms with E-state index in [4.69, 9.17) is 0 Å². The molecule has 0 aliphatic heterocycles. The molecule has 1 amide bonds. The number of aryl methyl sites for hydroxylation is 1. The third-order valence-electron chi connectivity index (χ3n) is 3.91. The van der Waals surface area contributed by atoms with E-state index < -0.39 is 15.9 Å². The molecule has 0 radical (unpaired) electrons. The number of nitrogens with one attached hydrogen (secondary N) is 1. The largest absolute Gasteiger partial charge is 0.319 e. The number of amides is 1. The lowest BCUT2D eigenvalue weighted by atomic mass is 10.3. The van der Waals surface area contributed by atoms with Crippen LogP contribution in [0.15, 0.2) is 53.4 Å². The van der Waals surface area contributed by atoms with Crippen LogP contribution in [0.25, 0.3) is 5.69 Å². The average Bonchev–Trinajstić information content (AvgIpc) is 3.04. The van der Waals surface area contributed by atoms with Gasteiger partial charge in [-0.2, -0.15) is 0 Å². The van der Waals surface area contributed by atoms with Crippen molar-refractivity contribution in [3.63, 3.8) is 0 Å². The van der Waals surface area contributed by atoms with Crippen LogP contribution >= 0.6 is 0 Å². The van der Waals surface area contributed by atoms with Crippen molar-refractivity contribution in [2.24, 2.45) is 0 Å². The van der Waals surface area contributed by atoms with Crippen LogP contribution in [0.1, 0.15) is 16.4 Å². The summed E-state index contributed by atoms with van der Waals surface area (Å²) < 4.78 is 40.0. The molecule has 2 aromatic carbocycles. The number of hydrogen-bond donors (Lipinski definition) is 1. The third kappa shape index (κ3) is 3.92. The minimum atomic E-state index is -3.63. The number of halogens is 1. The van der Waals surface area contributed by atoms with Gasteiger partial charge in [0.15, 0.2) is 0 Å². The minimum Gasteiger partial charge on any atom is -0.319 e. The molecule has 8 nitrogen and oxygen atoms in total. The first kappa shape index (κ1) is 19.6. The van der Waals surface area contributed by atoms with Crippen molar-refractivity contribution >= 4 is 21.6 Å². The lowest BCUT2D eigenvalue weighted by Gasteiger charge is -2.12. The Morgan fingerprint density at radius 2 is 1.82 bits per heavy atom. The predicted octanol–water partition coefficient (Wildman–Crippen LogP) is 2.22. The van der Waals surface area contributed by atoms with Gasteiger partial charge in [0.25, 0.3) is 5.91 Å². The van der Waals surface area contributed by atoms with Crippen LogP contribution in [0.5, 0.6) is 0 Å². The van der Waals surface area contributed by atoms with Crippen molar-refractivity contribution in [3.8, 4) is 5.69 Å². The molecular weight excluding hydrogens is 385 g/mol. The highest BCUT2D eigenvalue weighted by atomic mass is 32.2. The van der Waals surface area contributed by atoms with Crippen molar-refractivity contribution in [2.45, 2.75) is 11.8 Å². The molecule has 146 valence electrons. The van der Waals surface area contributed by atoms with Gasteiger partial charge >= 0.3 is 0 Å². The van der Waals surface area contributed by atoms with Gasteiger partial charge in [-0.05, 0) is 49.4 Å². The molecule has 0 aliphatic carbocycles. The molecule has 0 aliphatic rings. The summed E-state index contributed by atoms with van der Waals surface area (Å²) in [6.07, 6.45) is 0. The van der Waals surface area contributed by atoms with Gasteiger partial charge in [-0.1, -0.05) is 6.07 Å². The number of rotatable bonds is 5. The summed E-state index contributed by atoms with van der Waals surface area (Å²) in [5.41, 5.74) is 0.855. The average molecular weight is 403 g/mol. The number of anilines is 1. The second-order valence-electron chi connectivity index (χ2n) is 6.14. The Balaban J connectivity index is 1.85. The zero-order chi connectivity index (χ0) is 20.5. The zero-order valence-electron chi connectivity index (χ0n) is 15.4. The highest BCUT2D eigenvalue weighted by Crippen LogP contribution is 2.18. The van der Waals surface area contributed by atoms with E-state index in [0.29, 0.717) is 17.2 Å². The van der Waals surface area contributed by atoms with Crippen LogP contribution in [0.2, 0.25) is 0 Å². The monoisotopic (exact) mass is 403 g/mol. The van der Waals surface area contributed by atoms with E-state index in [2.05, 4.69) is 15.4 Å². The zero-order valence-corrected chi connectivity index (χ0v) is 16.2. The van der Waals surface area contributed by atoms with E-state index in [1.165, 1.54) is 61.2 Å². The fraction of sp³-hybridized carbons (Fsp3) is 0.167. The fourth-order valence-electron chi connectivity index (χ4n) is 2.45. The van der Waals surface area contributed by atoms with Crippen LogP contribution < -0.4 is 5.32 Å². The Bertz CT molecular complexity index is 1120. The molecule has 0 spiro atoms. The maximum absolute atomic E-state index is 13.1. The molecule has 0 atom stereocenters. The Morgan fingerprint density at radius 3 is 2.46 bits per heavy atom. The Hall–Kier alpha value is -3.11. The molecule has 10 heteroatoms. The van der Waals surface area contributed by atoms with Gasteiger partial charge in [0, 0.05) is 19.8 Å². The van der Waals surface area contributed by atoms with Gasteiger partial charge in [0.1, 0.15) is 11.6 Å². The first-order chi connectivity index (χ1) is 13.2. The number of carbonyl (C=O) groups excluding carboxylic acids is 1. The Kier molecular flexibility index (Phi) is 5.25. The maximum atomic E-state index is 13.1. The van der Waals surface area contributed by atoms with Gasteiger partial charge in [-0.15, -0.1) is 5.10 Å². The lowest BCUT2D eigenvalue weighted by molar-refractivity contribution is 0.101. The van der Waals surface area contributed by atoms with Crippen LogP contribution in [0.4, 0.5) is 10.1 Å². The fourth-order valence-corrected chi connectivity index (χ4v) is 3.39. The summed E-state index contributed by atoms with van der Waals surface area (Å²) in [6.45, 7) is 1.66. The van der Waals surface area contributed by atoms with Crippen LogP contribution in [-0.2, 0) is 10.0 Å². The number of sulfonamides is 1. The van der Waals surface area contributed by atoms with Crippen molar-refractivity contribution in [3.05, 3.63) is 66.0 Å². The Morgan fingerprint density at radius 1 is 1.14 bits per heavy atom. The number of hydrogen-bond acceptors (Lipinski definition) is 5. The number of benzene rings is 2. The maximum Gasteiger partial charge on any atom is 0.295 e. The van der Waals surface area contributed by atoms with Crippen molar-refractivity contribution in [1.29, 1.82) is 0 Å². The molecule has 3 aromatic rings. The van der Waals surface area contributed by atoms with Gasteiger partial charge in [-0.3, -0.25) is 4.79 Å². The molecule has 28 heavy (non-hydrogen) atoms. The molecule has 0 unspecified atom stereocenters. The van der Waals surface area contributed by atoms with Crippen molar-refractivity contribution in [2.75, 3.05) is 19.4 Å². The smallest absolute Gasteiger partial charge is 0.295 e. The molecule has 1 aromatic heterocycles. The van der Waals surface area contributed by atoms with Gasteiger partial charge in [0.05, 0.1) is 10.6 Å². The summed E-state index contributed by atoms with van der Waals surface area (Å²) in [6, 6.07) is 11.5. The number of aromatic nitrogens is 3. The predicted molar refractivity (Wildman–Crippen MR) is 101 cm³/mol. The van der Waals surface area contributed by atoms with Gasteiger partial charge in [-0.25, -0.2) is 26.8 Å². The van der Waals surface area contributed by atoms with E-state index >= 15 is 0 Å².